The zero-order valence-corrected chi connectivity index (χ0v) is 11.0. The standard InChI is InChI=1S/C14H16NO2P/c1-12(13-8-4-2-5-9-13)18(16,17)15-14-10-6-3-7-11-14/h2-12H,1H3,(H2,15,16,17). The van der Waals surface area contributed by atoms with E-state index < -0.39 is 13.2 Å². The molecule has 2 atom stereocenters. The third-order valence-electron chi connectivity index (χ3n) is 2.87. The van der Waals surface area contributed by atoms with Crippen molar-refractivity contribution >= 4 is 13.2 Å². The summed E-state index contributed by atoms with van der Waals surface area (Å²) in [5.41, 5.74) is 1.07. The predicted octanol–water partition coefficient (Wildman–Crippen LogP) is 4.05. The maximum Gasteiger partial charge on any atom is 0.298 e. The molecule has 2 rings (SSSR count). The molecule has 2 aromatic carbocycles. The molecule has 0 bridgehead atoms. The lowest BCUT2D eigenvalue weighted by atomic mass is 10.2. The zero-order valence-electron chi connectivity index (χ0n) is 10.2. The smallest absolute Gasteiger partial charge is 0.298 e. The number of para-hydroxylation sites is 1. The molecule has 94 valence electrons. The fraction of sp³-hybridized carbons (Fsp3) is 0.143. The van der Waals surface area contributed by atoms with Crippen molar-refractivity contribution in [1.29, 1.82) is 0 Å². The molecule has 0 aliphatic carbocycles. The third-order valence-corrected chi connectivity index (χ3v) is 4.80. The van der Waals surface area contributed by atoms with E-state index in [1.165, 1.54) is 0 Å². The van der Waals surface area contributed by atoms with Crippen molar-refractivity contribution in [1.82, 2.24) is 0 Å². The first-order valence-electron chi connectivity index (χ1n) is 5.80. The maximum atomic E-state index is 12.3. The first-order valence-corrected chi connectivity index (χ1v) is 7.53. The van der Waals surface area contributed by atoms with Crippen LogP contribution in [-0.2, 0) is 4.57 Å². The quantitative estimate of drug-likeness (QED) is 0.816. The monoisotopic (exact) mass is 261 g/mol. The van der Waals surface area contributed by atoms with Crippen molar-refractivity contribution < 1.29 is 9.46 Å². The van der Waals surface area contributed by atoms with Crippen molar-refractivity contribution in [3.05, 3.63) is 66.2 Å². The van der Waals surface area contributed by atoms with Gasteiger partial charge in [-0.3, -0.25) is 4.57 Å². The molecule has 4 heteroatoms. The van der Waals surface area contributed by atoms with Crippen molar-refractivity contribution in [2.24, 2.45) is 0 Å². The van der Waals surface area contributed by atoms with Crippen molar-refractivity contribution in [2.75, 3.05) is 5.09 Å². The van der Waals surface area contributed by atoms with Crippen LogP contribution in [0.3, 0.4) is 0 Å². The van der Waals surface area contributed by atoms with Crippen LogP contribution < -0.4 is 5.09 Å². The van der Waals surface area contributed by atoms with Crippen molar-refractivity contribution in [2.45, 2.75) is 12.6 Å². The van der Waals surface area contributed by atoms with E-state index in [2.05, 4.69) is 5.09 Å². The van der Waals surface area contributed by atoms with Gasteiger partial charge >= 0.3 is 0 Å². The first kappa shape index (κ1) is 12.9. The van der Waals surface area contributed by atoms with Gasteiger partial charge in [-0.25, -0.2) is 0 Å². The lowest BCUT2D eigenvalue weighted by Gasteiger charge is -2.21. The van der Waals surface area contributed by atoms with Crippen LogP contribution in [0, 0.1) is 0 Å². The third kappa shape index (κ3) is 3.00. The lowest BCUT2D eigenvalue weighted by molar-refractivity contribution is 0.473. The average molecular weight is 261 g/mol. The Morgan fingerprint density at radius 3 is 2.06 bits per heavy atom. The lowest BCUT2D eigenvalue weighted by Crippen LogP contribution is -2.03. The van der Waals surface area contributed by atoms with Crippen LogP contribution in [0.2, 0.25) is 0 Å². The Labute approximate surface area is 107 Å². The van der Waals surface area contributed by atoms with Crippen LogP contribution in [0.15, 0.2) is 60.7 Å². The van der Waals surface area contributed by atoms with E-state index in [9.17, 15) is 9.46 Å². The normalized spacial score (nSPS) is 15.7. The van der Waals surface area contributed by atoms with Crippen LogP contribution in [0.4, 0.5) is 5.69 Å². The van der Waals surface area contributed by atoms with Crippen LogP contribution in [0.1, 0.15) is 18.1 Å². The summed E-state index contributed by atoms with van der Waals surface area (Å²) in [5.74, 6) is 0. The van der Waals surface area contributed by atoms with Gasteiger partial charge in [0.25, 0.3) is 7.52 Å². The second-order valence-electron chi connectivity index (χ2n) is 4.19. The highest BCUT2D eigenvalue weighted by Gasteiger charge is 2.28. The van der Waals surface area contributed by atoms with E-state index in [4.69, 9.17) is 0 Å². The summed E-state index contributed by atoms with van der Waals surface area (Å²) < 4.78 is 12.3. The van der Waals surface area contributed by atoms with E-state index >= 15 is 0 Å². The largest absolute Gasteiger partial charge is 0.329 e. The molecule has 0 aromatic heterocycles. The Balaban J connectivity index is 2.19. The van der Waals surface area contributed by atoms with E-state index in [0.29, 0.717) is 5.69 Å². The van der Waals surface area contributed by atoms with Gasteiger partial charge in [0.15, 0.2) is 0 Å². The summed E-state index contributed by atoms with van der Waals surface area (Å²) in [6.07, 6.45) is 0. The zero-order chi connectivity index (χ0) is 13.0. The molecule has 2 unspecified atom stereocenters. The Hall–Kier alpha value is -1.57. The molecule has 0 radical (unpaired) electrons. The van der Waals surface area contributed by atoms with Gasteiger partial charge in [0.2, 0.25) is 0 Å². The Morgan fingerprint density at radius 2 is 1.50 bits per heavy atom. The number of hydrogen-bond donors (Lipinski definition) is 2. The molecule has 0 heterocycles. The van der Waals surface area contributed by atoms with Crippen LogP contribution >= 0.6 is 7.52 Å². The number of hydrogen-bond acceptors (Lipinski definition) is 1. The maximum absolute atomic E-state index is 12.3. The fourth-order valence-corrected chi connectivity index (χ4v) is 3.02. The summed E-state index contributed by atoms with van der Waals surface area (Å²) in [7, 11) is -3.48. The molecule has 18 heavy (non-hydrogen) atoms. The topological polar surface area (TPSA) is 49.3 Å². The minimum atomic E-state index is -3.48. The van der Waals surface area contributed by atoms with Gasteiger partial charge in [-0.2, -0.15) is 0 Å². The van der Waals surface area contributed by atoms with Crippen LogP contribution in [0.25, 0.3) is 0 Å². The molecule has 3 nitrogen and oxygen atoms in total. The number of benzene rings is 2. The average Bonchev–Trinajstić information content (AvgIpc) is 2.39. The van der Waals surface area contributed by atoms with Gasteiger partial charge in [0.05, 0.1) is 5.66 Å². The second-order valence-corrected chi connectivity index (χ2v) is 6.43. The highest BCUT2D eigenvalue weighted by atomic mass is 31.2. The van der Waals surface area contributed by atoms with E-state index in [-0.39, 0.29) is 0 Å². The van der Waals surface area contributed by atoms with E-state index in [1.807, 2.05) is 48.5 Å². The molecular formula is C14H16NO2P. The molecule has 0 aliphatic heterocycles. The number of nitrogens with one attached hydrogen (secondary N) is 1. The van der Waals surface area contributed by atoms with Gasteiger partial charge in [0.1, 0.15) is 0 Å². The summed E-state index contributed by atoms with van der Waals surface area (Å²) in [6.45, 7) is 1.76. The molecule has 0 aliphatic rings. The molecule has 0 fully saturated rings. The molecule has 0 spiro atoms. The van der Waals surface area contributed by atoms with Gasteiger partial charge in [-0.05, 0) is 24.6 Å². The second kappa shape index (κ2) is 5.38. The van der Waals surface area contributed by atoms with Crippen molar-refractivity contribution in [3.63, 3.8) is 0 Å². The fourth-order valence-electron chi connectivity index (χ4n) is 1.73. The highest BCUT2D eigenvalue weighted by Crippen LogP contribution is 2.54. The van der Waals surface area contributed by atoms with Crippen LogP contribution in [0.5, 0.6) is 0 Å². The SMILES string of the molecule is CC(c1ccccc1)P(=O)(O)Nc1ccccc1. The Kier molecular flexibility index (Phi) is 3.85. The van der Waals surface area contributed by atoms with Gasteiger partial charge in [-0.1, -0.05) is 48.5 Å². The van der Waals surface area contributed by atoms with Crippen LogP contribution in [-0.4, -0.2) is 4.89 Å². The number of rotatable bonds is 4. The summed E-state index contributed by atoms with van der Waals surface area (Å²) in [5, 5.41) is 2.73. The summed E-state index contributed by atoms with van der Waals surface area (Å²) in [4.78, 5) is 10.1. The molecule has 2 aromatic rings. The minimum absolute atomic E-state index is 0.445. The molecule has 2 N–H and O–H groups in total. The first-order chi connectivity index (χ1) is 8.59. The predicted molar refractivity (Wildman–Crippen MR) is 74.7 cm³/mol. The Bertz CT molecular complexity index is 542. The van der Waals surface area contributed by atoms with Crippen molar-refractivity contribution in [3.8, 4) is 0 Å². The Morgan fingerprint density at radius 1 is 1.00 bits per heavy atom. The molecule has 0 saturated carbocycles. The van der Waals surface area contributed by atoms with Gasteiger partial charge in [-0.15, -0.1) is 0 Å². The highest BCUT2D eigenvalue weighted by molar-refractivity contribution is 7.59. The molecule has 0 saturated heterocycles. The minimum Gasteiger partial charge on any atom is -0.329 e. The van der Waals surface area contributed by atoms with Gasteiger partial charge in [0, 0.05) is 5.69 Å². The molecular weight excluding hydrogens is 245 g/mol. The van der Waals surface area contributed by atoms with Gasteiger partial charge < -0.3 is 9.98 Å². The molecule has 0 amide bonds. The van der Waals surface area contributed by atoms with E-state index in [1.54, 1.807) is 19.1 Å². The number of anilines is 1. The summed E-state index contributed by atoms with van der Waals surface area (Å²) >= 11 is 0. The van der Waals surface area contributed by atoms with E-state index in [0.717, 1.165) is 5.56 Å². The summed E-state index contributed by atoms with van der Waals surface area (Å²) in [6, 6.07) is 18.4.